The highest BCUT2D eigenvalue weighted by molar-refractivity contribution is 6.31. The molecule has 1 saturated carbocycles. The van der Waals surface area contributed by atoms with Crippen molar-refractivity contribution in [3.05, 3.63) is 101 Å². The van der Waals surface area contributed by atoms with Gasteiger partial charge in [-0.1, -0.05) is 66.2 Å². The third kappa shape index (κ3) is 4.80. The zero-order valence-electron chi connectivity index (χ0n) is 19.8. The number of anilines is 1. The lowest BCUT2D eigenvalue weighted by atomic mass is 9.94. The first kappa shape index (κ1) is 24.5. The van der Waals surface area contributed by atoms with Gasteiger partial charge in [-0.15, -0.1) is 0 Å². The lowest BCUT2D eigenvalue weighted by molar-refractivity contribution is -0.140. The van der Waals surface area contributed by atoms with Gasteiger partial charge in [0.15, 0.2) is 11.6 Å². The van der Waals surface area contributed by atoms with E-state index in [9.17, 15) is 19.1 Å². The van der Waals surface area contributed by atoms with Gasteiger partial charge in [-0.2, -0.15) is 5.10 Å². The molecule has 9 heteroatoms. The van der Waals surface area contributed by atoms with Crippen molar-refractivity contribution < 1.29 is 23.8 Å². The zero-order valence-corrected chi connectivity index (χ0v) is 20.6. The molecule has 37 heavy (non-hydrogen) atoms. The molecule has 0 radical (unpaired) electrons. The van der Waals surface area contributed by atoms with Crippen molar-refractivity contribution in [1.29, 1.82) is 0 Å². The standard InChI is InChI=1S/C28H23ClFN3O4/c1-17(22-4-2-3-5-23(22)29)37-27(36)32-25-24(30)16-31-33(25)21-12-8-19(9-13-21)18-6-10-20(11-7-18)28(14-15-28)26(34)35/h2-13,16-17H,14-15H2,1H3,(H,32,36)(H,34,35). The summed E-state index contributed by atoms with van der Waals surface area (Å²) in [5, 5.41) is 16.4. The van der Waals surface area contributed by atoms with Crippen LogP contribution in [0, 0.1) is 5.82 Å². The van der Waals surface area contributed by atoms with Gasteiger partial charge in [0, 0.05) is 10.6 Å². The monoisotopic (exact) mass is 519 g/mol. The second-order valence-corrected chi connectivity index (χ2v) is 9.37. The number of nitrogens with zero attached hydrogens (tertiary/aromatic N) is 2. The van der Waals surface area contributed by atoms with E-state index in [1.54, 1.807) is 43.3 Å². The Kier molecular flexibility index (Phi) is 6.43. The van der Waals surface area contributed by atoms with E-state index >= 15 is 0 Å². The molecule has 3 aromatic carbocycles. The minimum Gasteiger partial charge on any atom is -0.481 e. The summed E-state index contributed by atoms with van der Waals surface area (Å²) >= 11 is 6.17. The number of carbonyl (C=O) groups is 2. The minimum absolute atomic E-state index is 0.156. The quantitative estimate of drug-likeness (QED) is 0.281. The molecule has 0 spiro atoms. The Morgan fingerprint density at radius 2 is 1.68 bits per heavy atom. The number of ether oxygens (including phenoxy) is 1. The molecular formula is C28H23ClFN3O4. The molecule has 1 fully saturated rings. The number of aliphatic carboxylic acids is 1. The lowest BCUT2D eigenvalue weighted by Crippen LogP contribution is -2.19. The van der Waals surface area contributed by atoms with E-state index in [-0.39, 0.29) is 5.82 Å². The van der Waals surface area contributed by atoms with Gasteiger partial charge in [-0.3, -0.25) is 10.1 Å². The smallest absolute Gasteiger partial charge is 0.413 e. The van der Waals surface area contributed by atoms with Crippen molar-refractivity contribution in [2.75, 3.05) is 5.32 Å². The molecule has 1 amide bonds. The second-order valence-electron chi connectivity index (χ2n) is 8.96. The molecule has 0 saturated heterocycles. The molecule has 1 atom stereocenters. The van der Waals surface area contributed by atoms with Crippen LogP contribution in [-0.4, -0.2) is 26.9 Å². The molecule has 1 unspecified atom stereocenters. The van der Waals surface area contributed by atoms with Crippen LogP contribution in [0.2, 0.25) is 5.02 Å². The van der Waals surface area contributed by atoms with Crippen LogP contribution >= 0.6 is 11.6 Å². The first-order valence-electron chi connectivity index (χ1n) is 11.7. The van der Waals surface area contributed by atoms with Crippen molar-refractivity contribution in [2.24, 2.45) is 0 Å². The predicted octanol–water partition coefficient (Wildman–Crippen LogP) is 6.76. The topological polar surface area (TPSA) is 93.5 Å². The lowest BCUT2D eigenvalue weighted by Gasteiger charge is -2.16. The van der Waals surface area contributed by atoms with Crippen molar-refractivity contribution in [3.8, 4) is 16.8 Å². The van der Waals surface area contributed by atoms with Crippen LogP contribution < -0.4 is 5.32 Å². The van der Waals surface area contributed by atoms with Crippen LogP contribution in [0.25, 0.3) is 16.8 Å². The first-order chi connectivity index (χ1) is 17.8. The van der Waals surface area contributed by atoms with Gasteiger partial charge in [0.05, 0.1) is 17.3 Å². The summed E-state index contributed by atoms with van der Waals surface area (Å²) in [5.74, 6) is -1.66. The fourth-order valence-electron chi connectivity index (χ4n) is 4.32. The number of carboxylic acids is 1. The van der Waals surface area contributed by atoms with Crippen molar-refractivity contribution in [1.82, 2.24) is 9.78 Å². The van der Waals surface area contributed by atoms with E-state index < -0.39 is 29.4 Å². The largest absolute Gasteiger partial charge is 0.481 e. The Balaban J connectivity index is 1.30. The maximum absolute atomic E-state index is 14.5. The summed E-state index contributed by atoms with van der Waals surface area (Å²) < 4.78 is 21.2. The zero-order chi connectivity index (χ0) is 26.2. The van der Waals surface area contributed by atoms with E-state index in [0.29, 0.717) is 29.1 Å². The van der Waals surface area contributed by atoms with Crippen LogP contribution in [-0.2, 0) is 14.9 Å². The highest BCUT2D eigenvalue weighted by Gasteiger charge is 2.51. The van der Waals surface area contributed by atoms with Crippen LogP contribution in [0.4, 0.5) is 15.0 Å². The Bertz CT molecular complexity index is 1460. The van der Waals surface area contributed by atoms with Gasteiger partial charge in [0.1, 0.15) is 6.10 Å². The van der Waals surface area contributed by atoms with E-state index in [4.69, 9.17) is 16.3 Å². The van der Waals surface area contributed by atoms with Gasteiger partial charge in [-0.05, 0) is 54.7 Å². The van der Waals surface area contributed by atoms with Gasteiger partial charge in [0.25, 0.3) is 0 Å². The van der Waals surface area contributed by atoms with Crippen molar-refractivity contribution in [3.63, 3.8) is 0 Å². The fraction of sp³-hybridized carbons (Fsp3) is 0.179. The second kappa shape index (κ2) is 9.71. The summed E-state index contributed by atoms with van der Waals surface area (Å²) in [4.78, 5) is 24.1. The number of hydrogen-bond acceptors (Lipinski definition) is 4. The van der Waals surface area contributed by atoms with Gasteiger partial charge >= 0.3 is 12.1 Å². The summed E-state index contributed by atoms with van der Waals surface area (Å²) in [6.07, 6.45) is 0.818. The molecule has 0 aliphatic heterocycles. The summed E-state index contributed by atoms with van der Waals surface area (Å²) in [6.45, 7) is 1.67. The number of rotatable bonds is 7. The van der Waals surface area contributed by atoms with Crippen molar-refractivity contribution >= 4 is 29.5 Å². The third-order valence-electron chi connectivity index (χ3n) is 6.61. The summed E-state index contributed by atoms with van der Waals surface area (Å²) in [5.41, 5.74) is 3.03. The van der Waals surface area contributed by atoms with E-state index in [1.807, 2.05) is 36.4 Å². The highest BCUT2D eigenvalue weighted by Crippen LogP contribution is 2.48. The van der Waals surface area contributed by atoms with Crippen molar-refractivity contribution in [2.45, 2.75) is 31.3 Å². The number of halogens is 2. The van der Waals surface area contributed by atoms with E-state index in [1.165, 1.54) is 4.68 Å². The molecule has 1 aromatic heterocycles. The van der Waals surface area contributed by atoms with E-state index in [2.05, 4.69) is 10.4 Å². The van der Waals surface area contributed by atoms with Crippen LogP contribution in [0.5, 0.6) is 0 Å². The number of aromatic nitrogens is 2. The number of hydrogen-bond donors (Lipinski definition) is 2. The number of carbonyl (C=O) groups excluding carboxylic acids is 1. The maximum atomic E-state index is 14.5. The Morgan fingerprint density at radius 3 is 2.27 bits per heavy atom. The SMILES string of the molecule is CC(OC(=O)Nc1c(F)cnn1-c1ccc(-c2ccc(C3(C(=O)O)CC3)cc2)cc1)c1ccccc1Cl. The average Bonchev–Trinajstić information content (AvgIpc) is 3.64. The average molecular weight is 520 g/mol. The van der Waals surface area contributed by atoms with E-state index in [0.717, 1.165) is 22.9 Å². The van der Waals surface area contributed by atoms with Gasteiger partial charge in [-0.25, -0.2) is 13.9 Å². The van der Waals surface area contributed by atoms with Crippen LogP contribution in [0.3, 0.4) is 0 Å². The van der Waals surface area contributed by atoms with Gasteiger partial charge in [0.2, 0.25) is 0 Å². The third-order valence-corrected chi connectivity index (χ3v) is 6.96. The molecular weight excluding hydrogens is 497 g/mol. The number of benzene rings is 3. The molecule has 7 nitrogen and oxygen atoms in total. The maximum Gasteiger partial charge on any atom is 0.413 e. The Labute approximate surface area is 217 Å². The molecule has 0 bridgehead atoms. The number of carboxylic acid groups (broad SMARTS) is 1. The fourth-order valence-corrected chi connectivity index (χ4v) is 4.61. The highest BCUT2D eigenvalue weighted by atomic mass is 35.5. The summed E-state index contributed by atoms with van der Waals surface area (Å²) in [7, 11) is 0. The van der Waals surface area contributed by atoms with Crippen LogP contribution in [0.15, 0.2) is 79.0 Å². The number of amides is 1. The predicted molar refractivity (Wildman–Crippen MR) is 137 cm³/mol. The molecule has 2 N–H and O–H groups in total. The van der Waals surface area contributed by atoms with Gasteiger partial charge < -0.3 is 9.84 Å². The Morgan fingerprint density at radius 1 is 1.05 bits per heavy atom. The minimum atomic E-state index is -0.848. The molecule has 4 aromatic rings. The molecule has 5 rings (SSSR count). The molecule has 1 heterocycles. The normalized spacial score (nSPS) is 14.6. The Hall–Kier alpha value is -4.17. The van der Waals surface area contributed by atoms with Crippen LogP contribution in [0.1, 0.15) is 37.0 Å². The summed E-state index contributed by atoms with van der Waals surface area (Å²) in [6, 6.07) is 21.7. The molecule has 188 valence electrons. The first-order valence-corrected chi connectivity index (χ1v) is 12.1. The number of nitrogens with one attached hydrogen (secondary N) is 1. The molecule has 1 aliphatic rings. The molecule has 1 aliphatic carbocycles.